The number of rotatable bonds is 8. The third-order valence-electron chi connectivity index (χ3n) is 6.86. The predicted octanol–water partition coefficient (Wildman–Crippen LogP) is 4.36. The molecule has 1 fully saturated rings. The van der Waals surface area contributed by atoms with Crippen LogP contribution in [0.2, 0.25) is 0 Å². The molecule has 6 heteroatoms. The molecule has 0 saturated carbocycles. The molecule has 180 valence electrons. The molecule has 1 aromatic heterocycles. The SMILES string of the molecule is Cc1ncccc1C(C#N)N1CCN(C(=O)CC(c2ccccc2)N(C)Cc2ccccc2)CC1. The first-order valence-electron chi connectivity index (χ1n) is 12.2. The van der Waals surface area contributed by atoms with E-state index in [0.717, 1.165) is 23.4 Å². The summed E-state index contributed by atoms with van der Waals surface area (Å²) >= 11 is 0. The van der Waals surface area contributed by atoms with Gasteiger partial charge in [-0.15, -0.1) is 0 Å². The van der Waals surface area contributed by atoms with Crippen molar-refractivity contribution in [1.82, 2.24) is 19.7 Å². The topological polar surface area (TPSA) is 63.5 Å². The normalized spacial score (nSPS) is 16.0. The lowest BCUT2D eigenvalue weighted by Gasteiger charge is -2.38. The zero-order chi connectivity index (χ0) is 24.6. The Labute approximate surface area is 208 Å². The molecule has 0 radical (unpaired) electrons. The largest absolute Gasteiger partial charge is 0.340 e. The molecule has 0 aliphatic carbocycles. The Morgan fingerprint density at radius 1 is 1.00 bits per heavy atom. The van der Waals surface area contributed by atoms with Crippen molar-refractivity contribution in [3.8, 4) is 6.07 Å². The lowest BCUT2D eigenvalue weighted by Crippen LogP contribution is -2.50. The van der Waals surface area contributed by atoms with Crippen molar-refractivity contribution in [3.05, 3.63) is 101 Å². The summed E-state index contributed by atoms with van der Waals surface area (Å²) in [4.78, 5) is 24.1. The summed E-state index contributed by atoms with van der Waals surface area (Å²) in [6, 6.07) is 26.6. The number of carbonyl (C=O) groups excluding carboxylic acids is 1. The van der Waals surface area contributed by atoms with E-state index in [0.29, 0.717) is 32.6 Å². The van der Waals surface area contributed by atoms with E-state index in [2.05, 4.69) is 52.2 Å². The van der Waals surface area contributed by atoms with Crippen LogP contribution in [0, 0.1) is 18.3 Å². The van der Waals surface area contributed by atoms with Crippen LogP contribution in [0.15, 0.2) is 79.0 Å². The van der Waals surface area contributed by atoms with Gasteiger partial charge in [-0.25, -0.2) is 0 Å². The van der Waals surface area contributed by atoms with Gasteiger partial charge in [0.25, 0.3) is 0 Å². The van der Waals surface area contributed by atoms with Gasteiger partial charge in [-0.05, 0) is 31.2 Å². The van der Waals surface area contributed by atoms with Gasteiger partial charge in [0.05, 0.1) is 6.07 Å². The van der Waals surface area contributed by atoms with Crippen LogP contribution in [0.3, 0.4) is 0 Å². The summed E-state index contributed by atoms with van der Waals surface area (Å²) in [5.74, 6) is 0.157. The van der Waals surface area contributed by atoms with E-state index in [1.54, 1.807) is 6.20 Å². The molecule has 2 heterocycles. The van der Waals surface area contributed by atoms with E-state index in [1.165, 1.54) is 5.56 Å². The Morgan fingerprint density at radius 2 is 1.66 bits per heavy atom. The number of pyridine rings is 1. The monoisotopic (exact) mass is 467 g/mol. The van der Waals surface area contributed by atoms with Crippen LogP contribution in [-0.2, 0) is 11.3 Å². The van der Waals surface area contributed by atoms with Gasteiger partial charge in [-0.1, -0.05) is 66.7 Å². The summed E-state index contributed by atoms with van der Waals surface area (Å²) in [5.41, 5.74) is 4.20. The number of nitrogens with zero attached hydrogens (tertiary/aromatic N) is 5. The molecule has 4 rings (SSSR count). The standard InChI is InChI=1S/C29H33N5O/c1-23-26(14-9-15-31-23)28(21-30)33-16-18-34(19-17-33)29(35)20-27(25-12-7-4-8-13-25)32(2)22-24-10-5-3-6-11-24/h3-15,27-28H,16-20,22H2,1-2H3. The van der Waals surface area contributed by atoms with Crippen molar-refractivity contribution in [2.75, 3.05) is 33.2 Å². The zero-order valence-electron chi connectivity index (χ0n) is 20.5. The van der Waals surface area contributed by atoms with E-state index >= 15 is 0 Å². The summed E-state index contributed by atoms with van der Waals surface area (Å²) in [5, 5.41) is 9.85. The zero-order valence-corrected chi connectivity index (χ0v) is 20.5. The van der Waals surface area contributed by atoms with Crippen molar-refractivity contribution in [1.29, 1.82) is 5.26 Å². The minimum atomic E-state index is -0.338. The first-order valence-corrected chi connectivity index (χ1v) is 12.2. The van der Waals surface area contributed by atoms with Gasteiger partial charge in [0.15, 0.2) is 0 Å². The van der Waals surface area contributed by atoms with Gasteiger partial charge in [-0.2, -0.15) is 5.26 Å². The summed E-state index contributed by atoms with van der Waals surface area (Å²) in [7, 11) is 2.09. The minimum absolute atomic E-state index is 0.00756. The highest BCUT2D eigenvalue weighted by Gasteiger charge is 2.30. The van der Waals surface area contributed by atoms with Crippen molar-refractivity contribution in [2.45, 2.75) is 32.0 Å². The van der Waals surface area contributed by atoms with Crippen LogP contribution >= 0.6 is 0 Å². The minimum Gasteiger partial charge on any atom is -0.340 e. The number of hydrogen-bond acceptors (Lipinski definition) is 5. The molecule has 1 aliphatic heterocycles. The highest BCUT2D eigenvalue weighted by molar-refractivity contribution is 5.77. The second kappa shape index (κ2) is 11.7. The van der Waals surface area contributed by atoms with Gasteiger partial charge < -0.3 is 4.90 Å². The van der Waals surface area contributed by atoms with Gasteiger partial charge in [0.2, 0.25) is 5.91 Å². The number of aryl methyl sites for hydroxylation is 1. The van der Waals surface area contributed by atoms with E-state index < -0.39 is 0 Å². The molecule has 0 spiro atoms. The Bertz CT molecular complexity index is 1140. The number of nitriles is 1. The molecule has 1 aliphatic rings. The molecule has 35 heavy (non-hydrogen) atoms. The quantitative estimate of drug-likeness (QED) is 0.493. The van der Waals surface area contributed by atoms with Crippen molar-refractivity contribution >= 4 is 5.91 Å². The molecule has 0 N–H and O–H groups in total. The van der Waals surface area contributed by atoms with Crippen molar-refractivity contribution in [3.63, 3.8) is 0 Å². The number of piperazine rings is 1. The Kier molecular flexibility index (Phi) is 8.25. The maximum Gasteiger partial charge on any atom is 0.224 e. The third-order valence-corrected chi connectivity index (χ3v) is 6.86. The molecule has 2 aromatic carbocycles. The number of benzene rings is 2. The fourth-order valence-electron chi connectivity index (χ4n) is 4.84. The molecule has 1 amide bonds. The molecule has 0 bridgehead atoms. The number of aromatic nitrogens is 1. The summed E-state index contributed by atoms with van der Waals surface area (Å²) < 4.78 is 0. The van der Waals surface area contributed by atoms with Gasteiger partial charge in [-0.3, -0.25) is 19.6 Å². The molecular weight excluding hydrogens is 434 g/mol. The Morgan fingerprint density at radius 3 is 2.29 bits per heavy atom. The first kappa shape index (κ1) is 24.6. The highest BCUT2D eigenvalue weighted by atomic mass is 16.2. The van der Waals surface area contributed by atoms with Crippen molar-refractivity contribution in [2.24, 2.45) is 0 Å². The second-order valence-corrected chi connectivity index (χ2v) is 9.16. The lowest BCUT2D eigenvalue weighted by atomic mass is 10.0. The van der Waals surface area contributed by atoms with Gasteiger partial charge in [0, 0.05) is 62.6 Å². The van der Waals surface area contributed by atoms with Crippen LogP contribution in [0.1, 0.15) is 40.9 Å². The average Bonchev–Trinajstić information content (AvgIpc) is 2.90. The Hall–Kier alpha value is -3.53. The van der Waals surface area contributed by atoms with E-state index in [1.807, 2.05) is 60.4 Å². The maximum absolute atomic E-state index is 13.4. The fourth-order valence-corrected chi connectivity index (χ4v) is 4.84. The van der Waals surface area contributed by atoms with Crippen LogP contribution in [0.25, 0.3) is 0 Å². The van der Waals surface area contributed by atoms with Gasteiger partial charge >= 0.3 is 0 Å². The maximum atomic E-state index is 13.4. The van der Waals surface area contributed by atoms with Crippen LogP contribution in [0.4, 0.5) is 0 Å². The fraction of sp³-hybridized carbons (Fsp3) is 0.345. The van der Waals surface area contributed by atoms with E-state index in [-0.39, 0.29) is 18.0 Å². The number of amides is 1. The average molecular weight is 468 g/mol. The number of carbonyl (C=O) groups is 1. The summed E-state index contributed by atoms with van der Waals surface area (Å²) in [6.45, 7) is 5.31. The Balaban J connectivity index is 1.41. The second-order valence-electron chi connectivity index (χ2n) is 9.16. The molecule has 6 nitrogen and oxygen atoms in total. The van der Waals surface area contributed by atoms with Crippen LogP contribution < -0.4 is 0 Å². The van der Waals surface area contributed by atoms with E-state index in [4.69, 9.17) is 0 Å². The molecule has 1 saturated heterocycles. The van der Waals surface area contributed by atoms with Crippen LogP contribution in [-0.4, -0.2) is 58.8 Å². The highest BCUT2D eigenvalue weighted by Crippen LogP contribution is 2.27. The number of hydrogen-bond donors (Lipinski definition) is 0. The predicted molar refractivity (Wildman–Crippen MR) is 137 cm³/mol. The lowest BCUT2D eigenvalue weighted by molar-refractivity contribution is -0.134. The smallest absolute Gasteiger partial charge is 0.224 e. The summed E-state index contributed by atoms with van der Waals surface area (Å²) in [6.07, 6.45) is 2.18. The molecule has 2 atom stereocenters. The molecule has 3 aromatic rings. The van der Waals surface area contributed by atoms with Crippen molar-refractivity contribution < 1.29 is 4.79 Å². The van der Waals surface area contributed by atoms with Crippen LogP contribution in [0.5, 0.6) is 0 Å². The first-order chi connectivity index (χ1) is 17.1. The van der Waals surface area contributed by atoms with Gasteiger partial charge in [0.1, 0.15) is 6.04 Å². The van der Waals surface area contributed by atoms with E-state index in [9.17, 15) is 10.1 Å². The molecule has 2 unspecified atom stereocenters. The molecular formula is C29H33N5O. The third kappa shape index (κ3) is 6.13.